The van der Waals surface area contributed by atoms with Gasteiger partial charge in [-0.25, -0.2) is 0 Å². The Kier molecular flexibility index (Phi) is 3.71. The molecule has 0 aliphatic carbocycles. The standard InChI is InChI=1S/C10H16N2O2/c1-3-8(10(13)14-2)9(11)7-4-5-12-6-7/h4-6,8-9,12H,3,11H2,1-2H3. The van der Waals surface area contributed by atoms with E-state index in [9.17, 15) is 4.79 Å². The van der Waals surface area contributed by atoms with Gasteiger partial charge in [0.1, 0.15) is 0 Å². The third-order valence-corrected chi connectivity index (χ3v) is 2.38. The van der Waals surface area contributed by atoms with Gasteiger partial charge >= 0.3 is 5.97 Å². The van der Waals surface area contributed by atoms with Crippen LogP contribution in [0.3, 0.4) is 0 Å². The molecule has 0 spiro atoms. The van der Waals surface area contributed by atoms with Crippen molar-refractivity contribution in [3.8, 4) is 0 Å². The summed E-state index contributed by atoms with van der Waals surface area (Å²) in [7, 11) is 1.38. The summed E-state index contributed by atoms with van der Waals surface area (Å²) < 4.78 is 4.69. The molecule has 0 saturated heterocycles. The van der Waals surface area contributed by atoms with Crippen LogP contribution in [0.5, 0.6) is 0 Å². The van der Waals surface area contributed by atoms with Gasteiger partial charge in [-0.1, -0.05) is 6.92 Å². The molecule has 2 unspecified atom stereocenters. The number of aromatic nitrogens is 1. The molecule has 0 aromatic carbocycles. The van der Waals surface area contributed by atoms with Crippen LogP contribution in [-0.4, -0.2) is 18.1 Å². The van der Waals surface area contributed by atoms with Gasteiger partial charge < -0.3 is 15.5 Å². The van der Waals surface area contributed by atoms with Gasteiger partial charge in [0, 0.05) is 18.4 Å². The van der Waals surface area contributed by atoms with E-state index in [1.54, 1.807) is 12.4 Å². The van der Waals surface area contributed by atoms with Crippen LogP contribution >= 0.6 is 0 Å². The van der Waals surface area contributed by atoms with Gasteiger partial charge in [0.05, 0.1) is 13.0 Å². The van der Waals surface area contributed by atoms with Crippen molar-refractivity contribution in [2.24, 2.45) is 11.7 Å². The maximum atomic E-state index is 11.4. The van der Waals surface area contributed by atoms with Gasteiger partial charge in [-0.05, 0) is 18.1 Å². The molecule has 0 radical (unpaired) electrons. The predicted octanol–water partition coefficient (Wildman–Crippen LogP) is 1.21. The zero-order chi connectivity index (χ0) is 10.6. The lowest BCUT2D eigenvalue weighted by Crippen LogP contribution is -2.28. The molecule has 0 fully saturated rings. The molecule has 1 aromatic heterocycles. The van der Waals surface area contributed by atoms with Gasteiger partial charge in [0.25, 0.3) is 0 Å². The van der Waals surface area contributed by atoms with E-state index >= 15 is 0 Å². The van der Waals surface area contributed by atoms with Crippen molar-refractivity contribution in [1.29, 1.82) is 0 Å². The number of rotatable bonds is 4. The van der Waals surface area contributed by atoms with Crippen LogP contribution in [0.4, 0.5) is 0 Å². The Balaban J connectivity index is 2.75. The molecule has 78 valence electrons. The van der Waals surface area contributed by atoms with Crippen molar-refractivity contribution in [3.05, 3.63) is 24.0 Å². The number of ether oxygens (including phenoxy) is 1. The molecule has 4 heteroatoms. The van der Waals surface area contributed by atoms with Crippen LogP contribution in [0.25, 0.3) is 0 Å². The van der Waals surface area contributed by atoms with E-state index in [1.165, 1.54) is 7.11 Å². The minimum Gasteiger partial charge on any atom is -0.469 e. The monoisotopic (exact) mass is 196 g/mol. The molecule has 1 aromatic rings. The summed E-state index contributed by atoms with van der Waals surface area (Å²) in [6, 6.07) is 1.58. The first-order chi connectivity index (χ1) is 6.70. The fourth-order valence-corrected chi connectivity index (χ4v) is 1.50. The second-order valence-electron chi connectivity index (χ2n) is 3.21. The van der Waals surface area contributed by atoms with E-state index in [1.807, 2.05) is 13.0 Å². The number of hydrogen-bond donors (Lipinski definition) is 2. The molecule has 0 aliphatic heterocycles. The van der Waals surface area contributed by atoms with E-state index in [4.69, 9.17) is 10.5 Å². The highest BCUT2D eigenvalue weighted by molar-refractivity contribution is 5.73. The molecular weight excluding hydrogens is 180 g/mol. The van der Waals surface area contributed by atoms with Gasteiger partial charge in [0.15, 0.2) is 0 Å². The predicted molar refractivity (Wildman–Crippen MR) is 53.5 cm³/mol. The summed E-state index contributed by atoms with van der Waals surface area (Å²) >= 11 is 0. The lowest BCUT2D eigenvalue weighted by atomic mass is 9.93. The summed E-state index contributed by atoms with van der Waals surface area (Å²) in [6.45, 7) is 1.92. The van der Waals surface area contributed by atoms with Crippen molar-refractivity contribution in [1.82, 2.24) is 4.98 Å². The van der Waals surface area contributed by atoms with Crippen LogP contribution in [0.2, 0.25) is 0 Å². The van der Waals surface area contributed by atoms with Crippen molar-refractivity contribution >= 4 is 5.97 Å². The Morgan fingerprint density at radius 2 is 2.43 bits per heavy atom. The Morgan fingerprint density at radius 3 is 2.86 bits per heavy atom. The average Bonchev–Trinajstić information content (AvgIpc) is 2.71. The smallest absolute Gasteiger partial charge is 0.310 e. The van der Waals surface area contributed by atoms with Gasteiger partial charge in [-0.15, -0.1) is 0 Å². The number of aromatic amines is 1. The Labute approximate surface area is 83.4 Å². The first-order valence-electron chi connectivity index (χ1n) is 4.66. The number of esters is 1. The van der Waals surface area contributed by atoms with Crippen molar-refractivity contribution < 1.29 is 9.53 Å². The third-order valence-electron chi connectivity index (χ3n) is 2.38. The Hall–Kier alpha value is -1.29. The molecule has 14 heavy (non-hydrogen) atoms. The number of carbonyl (C=O) groups excluding carboxylic acids is 1. The van der Waals surface area contributed by atoms with Gasteiger partial charge in [-0.2, -0.15) is 0 Å². The molecule has 0 aliphatic rings. The van der Waals surface area contributed by atoms with Crippen LogP contribution in [-0.2, 0) is 9.53 Å². The maximum absolute atomic E-state index is 11.4. The van der Waals surface area contributed by atoms with Crippen LogP contribution in [0.15, 0.2) is 18.5 Å². The lowest BCUT2D eigenvalue weighted by Gasteiger charge is -2.19. The average molecular weight is 196 g/mol. The number of H-pyrrole nitrogens is 1. The molecule has 3 N–H and O–H groups in total. The van der Waals surface area contributed by atoms with Gasteiger partial charge in [0.2, 0.25) is 0 Å². The number of hydrogen-bond acceptors (Lipinski definition) is 3. The molecule has 1 rings (SSSR count). The molecule has 4 nitrogen and oxygen atoms in total. The molecule has 0 amide bonds. The zero-order valence-electron chi connectivity index (χ0n) is 8.49. The second-order valence-corrected chi connectivity index (χ2v) is 3.21. The fourth-order valence-electron chi connectivity index (χ4n) is 1.50. The first kappa shape index (κ1) is 10.8. The number of nitrogens with two attached hydrogens (primary N) is 1. The molecule has 1 heterocycles. The van der Waals surface area contributed by atoms with Gasteiger partial charge in [-0.3, -0.25) is 4.79 Å². The van der Waals surface area contributed by atoms with E-state index in [0.717, 1.165) is 5.56 Å². The molecular formula is C10H16N2O2. The summed E-state index contributed by atoms with van der Waals surface area (Å²) in [5.41, 5.74) is 6.88. The Bertz CT molecular complexity index is 282. The number of carbonyl (C=O) groups is 1. The highest BCUT2D eigenvalue weighted by Crippen LogP contribution is 2.22. The molecule has 0 bridgehead atoms. The highest BCUT2D eigenvalue weighted by Gasteiger charge is 2.25. The minimum absolute atomic E-state index is 0.249. The topological polar surface area (TPSA) is 68.1 Å². The third kappa shape index (κ3) is 2.14. The van der Waals surface area contributed by atoms with Crippen molar-refractivity contribution in [2.75, 3.05) is 7.11 Å². The van der Waals surface area contributed by atoms with E-state index in [2.05, 4.69) is 4.98 Å². The zero-order valence-corrected chi connectivity index (χ0v) is 8.49. The molecule has 2 atom stereocenters. The van der Waals surface area contributed by atoms with E-state index in [0.29, 0.717) is 6.42 Å². The summed E-state index contributed by atoms with van der Waals surface area (Å²) in [5.74, 6) is -0.517. The lowest BCUT2D eigenvalue weighted by molar-refractivity contribution is -0.146. The molecule has 0 saturated carbocycles. The van der Waals surface area contributed by atoms with Crippen molar-refractivity contribution in [2.45, 2.75) is 19.4 Å². The van der Waals surface area contributed by atoms with E-state index < -0.39 is 0 Å². The largest absolute Gasteiger partial charge is 0.469 e. The Morgan fingerprint density at radius 1 is 1.71 bits per heavy atom. The maximum Gasteiger partial charge on any atom is 0.310 e. The summed E-state index contributed by atoms with van der Waals surface area (Å²) in [4.78, 5) is 14.3. The highest BCUT2D eigenvalue weighted by atomic mass is 16.5. The summed E-state index contributed by atoms with van der Waals surface area (Å²) in [5, 5.41) is 0. The fraction of sp³-hybridized carbons (Fsp3) is 0.500. The SMILES string of the molecule is CCC(C(=O)OC)C(N)c1cc[nH]c1. The summed E-state index contributed by atoms with van der Waals surface area (Å²) in [6.07, 6.45) is 4.27. The van der Waals surface area contributed by atoms with Crippen LogP contribution in [0, 0.1) is 5.92 Å². The minimum atomic E-state index is -0.293. The normalized spacial score (nSPS) is 14.8. The van der Waals surface area contributed by atoms with Crippen LogP contribution in [0.1, 0.15) is 24.9 Å². The van der Waals surface area contributed by atoms with Crippen molar-refractivity contribution in [3.63, 3.8) is 0 Å². The van der Waals surface area contributed by atoms with Crippen LogP contribution < -0.4 is 5.73 Å². The number of nitrogens with one attached hydrogen (secondary N) is 1. The first-order valence-corrected chi connectivity index (χ1v) is 4.66. The quantitative estimate of drug-likeness (QED) is 0.711. The number of methoxy groups -OCH3 is 1. The second kappa shape index (κ2) is 4.81. The van der Waals surface area contributed by atoms with E-state index in [-0.39, 0.29) is 17.9 Å².